The maximum absolute atomic E-state index is 12.1. The molecule has 0 fully saturated rings. The molecule has 0 heterocycles. The second kappa shape index (κ2) is 6.64. The van der Waals surface area contributed by atoms with Gasteiger partial charge in [-0.05, 0) is 12.5 Å². The van der Waals surface area contributed by atoms with Crippen LogP contribution in [0.5, 0.6) is 0 Å². The highest BCUT2D eigenvalue weighted by Crippen LogP contribution is 2.26. The number of nitrogens with zero attached hydrogens (tertiary/aromatic N) is 2. The molecule has 0 bridgehead atoms. The molecule has 0 radical (unpaired) electrons. The lowest BCUT2D eigenvalue weighted by atomic mass is 10.2. The molecule has 0 amide bonds. The predicted octanol–water partition coefficient (Wildman–Crippen LogP) is 1.17. The van der Waals surface area contributed by atoms with Crippen molar-refractivity contribution in [2.75, 3.05) is 26.0 Å². The van der Waals surface area contributed by atoms with Gasteiger partial charge in [0.25, 0.3) is 15.7 Å². The van der Waals surface area contributed by atoms with Gasteiger partial charge < -0.3 is 5.32 Å². The van der Waals surface area contributed by atoms with E-state index < -0.39 is 14.9 Å². The number of nitro groups is 1. The Bertz CT molecular complexity index is 586. The molecule has 1 aromatic carbocycles. The summed E-state index contributed by atoms with van der Waals surface area (Å²) in [5.41, 5.74) is 0.0582. The second-order valence-electron chi connectivity index (χ2n) is 4.35. The Labute approximate surface area is 117 Å². The highest BCUT2D eigenvalue weighted by Gasteiger charge is 2.21. The smallest absolute Gasteiger partial charge is 0.271 e. The van der Waals surface area contributed by atoms with E-state index in [-0.39, 0.29) is 16.3 Å². The van der Waals surface area contributed by atoms with Gasteiger partial charge in [-0.25, -0.2) is 13.4 Å². The van der Waals surface area contributed by atoms with Gasteiger partial charge in [-0.3, -0.25) is 10.1 Å². The third-order valence-corrected chi connectivity index (χ3v) is 3.87. The van der Waals surface area contributed by atoms with E-state index in [1.54, 1.807) is 14.1 Å². The van der Waals surface area contributed by atoms with Gasteiger partial charge in [-0.15, -0.1) is 4.83 Å². The standard InChI is InChI=1S/C11H18N4O4S/c1-4-7-12-10-8-9(15(16)17)5-6-11(10)20(18,19)13-14(2)3/h5-6,8,12-13H,4,7H2,1-3H3. The minimum Gasteiger partial charge on any atom is -0.384 e. The van der Waals surface area contributed by atoms with Gasteiger partial charge in [-0.1, -0.05) is 6.92 Å². The highest BCUT2D eigenvalue weighted by atomic mass is 32.2. The van der Waals surface area contributed by atoms with Crippen LogP contribution in [0.15, 0.2) is 23.1 Å². The number of nitrogens with one attached hydrogen (secondary N) is 2. The molecule has 0 aliphatic carbocycles. The predicted molar refractivity (Wildman–Crippen MR) is 75.9 cm³/mol. The van der Waals surface area contributed by atoms with Crippen molar-refractivity contribution in [1.29, 1.82) is 0 Å². The molecule has 1 rings (SSSR count). The number of hydrogen-bond acceptors (Lipinski definition) is 6. The molecular weight excluding hydrogens is 284 g/mol. The minimum absolute atomic E-state index is 0.0229. The van der Waals surface area contributed by atoms with Gasteiger partial charge in [-0.2, -0.15) is 0 Å². The number of non-ortho nitro benzene ring substituents is 1. The van der Waals surface area contributed by atoms with Crippen LogP contribution in [0.3, 0.4) is 0 Å². The fraction of sp³-hybridized carbons (Fsp3) is 0.455. The fourth-order valence-electron chi connectivity index (χ4n) is 1.55. The summed E-state index contributed by atoms with van der Waals surface area (Å²) in [6.07, 6.45) is 0.767. The topological polar surface area (TPSA) is 105 Å². The molecule has 0 saturated heterocycles. The van der Waals surface area contributed by atoms with E-state index in [0.29, 0.717) is 6.54 Å². The molecule has 112 valence electrons. The van der Waals surface area contributed by atoms with Crippen LogP contribution < -0.4 is 10.1 Å². The van der Waals surface area contributed by atoms with Gasteiger partial charge >= 0.3 is 0 Å². The third-order valence-electron chi connectivity index (χ3n) is 2.33. The van der Waals surface area contributed by atoms with Crippen molar-refractivity contribution in [3.8, 4) is 0 Å². The Balaban J connectivity index is 3.27. The Morgan fingerprint density at radius 2 is 2.00 bits per heavy atom. The molecule has 1 aromatic rings. The van der Waals surface area contributed by atoms with Crippen molar-refractivity contribution in [3.05, 3.63) is 28.3 Å². The summed E-state index contributed by atoms with van der Waals surface area (Å²) in [7, 11) is -0.685. The molecule has 8 nitrogen and oxygen atoms in total. The van der Waals surface area contributed by atoms with Gasteiger partial charge in [0.15, 0.2) is 0 Å². The molecule has 0 saturated carbocycles. The largest absolute Gasteiger partial charge is 0.384 e. The molecule has 0 spiro atoms. The van der Waals surface area contributed by atoms with Crippen molar-refractivity contribution in [2.45, 2.75) is 18.2 Å². The number of benzene rings is 1. The van der Waals surface area contributed by atoms with Gasteiger partial charge in [0.05, 0.1) is 10.6 Å². The number of hydrazine groups is 1. The number of anilines is 1. The summed E-state index contributed by atoms with van der Waals surface area (Å²) in [6, 6.07) is 3.61. The molecule has 0 atom stereocenters. The Morgan fingerprint density at radius 3 is 2.50 bits per heavy atom. The van der Waals surface area contributed by atoms with Crippen molar-refractivity contribution in [1.82, 2.24) is 9.84 Å². The first kappa shape index (κ1) is 16.3. The van der Waals surface area contributed by atoms with Crippen LogP contribution in [-0.4, -0.2) is 39.0 Å². The van der Waals surface area contributed by atoms with Crippen LogP contribution in [0.4, 0.5) is 11.4 Å². The zero-order valence-electron chi connectivity index (χ0n) is 11.6. The maximum atomic E-state index is 12.1. The monoisotopic (exact) mass is 302 g/mol. The SMILES string of the molecule is CCCNc1cc([N+](=O)[O-])ccc1S(=O)(=O)NN(C)C. The van der Waals surface area contributed by atoms with Crippen molar-refractivity contribution >= 4 is 21.4 Å². The number of sulfonamides is 1. The lowest BCUT2D eigenvalue weighted by molar-refractivity contribution is -0.384. The number of hydrogen-bond donors (Lipinski definition) is 2. The number of rotatable bonds is 7. The van der Waals surface area contributed by atoms with Crippen LogP contribution in [-0.2, 0) is 10.0 Å². The number of nitro benzene ring substituents is 1. The summed E-state index contributed by atoms with van der Waals surface area (Å²) in [5.74, 6) is 0. The van der Waals surface area contributed by atoms with Crippen molar-refractivity contribution in [3.63, 3.8) is 0 Å². The summed E-state index contributed by atoms with van der Waals surface area (Å²) >= 11 is 0. The first-order valence-corrected chi connectivity index (χ1v) is 7.48. The second-order valence-corrected chi connectivity index (χ2v) is 5.98. The van der Waals surface area contributed by atoms with Crippen LogP contribution in [0.25, 0.3) is 0 Å². The van der Waals surface area contributed by atoms with Gasteiger partial charge in [0.1, 0.15) is 4.90 Å². The average Bonchev–Trinajstić information content (AvgIpc) is 2.34. The lowest BCUT2D eigenvalue weighted by Gasteiger charge is -2.16. The highest BCUT2D eigenvalue weighted by molar-refractivity contribution is 7.89. The molecule has 0 unspecified atom stereocenters. The average molecular weight is 302 g/mol. The van der Waals surface area contributed by atoms with Crippen LogP contribution in [0.1, 0.15) is 13.3 Å². The van der Waals surface area contributed by atoms with Crippen LogP contribution in [0.2, 0.25) is 0 Å². The Kier molecular flexibility index (Phi) is 5.43. The quantitative estimate of drug-likeness (QED) is 0.578. The van der Waals surface area contributed by atoms with E-state index in [0.717, 1.165) is 6.42 Å². The first-order valence-electron chi connectivity index (χ1n) is 6.00. The van der Waals surface area contributed by atoms with E-state index in [4.69, 9.17) is 0 Å². The molecule has 0 aliphatic heterocycles. The summed E-state index contributed by atoms with van der Waals surface area (Å²) in [4.78, 5) is 12.5. The first-order chi connectivity index (χ1) is 9.27. The third kappa shape index (κ3) is 4.15. The van der Waals surface area contributed by atoms with Crippen LogP contribution >= 0.6 is 0 Å². The van der Waals surface area contributed by atoms with Crippen LogP contribution in [0, 0.1) is 10.1 Å². The van der Waals surface area contributed by atoms with Crippen molar-refractivity contribution < 1.29 is 13.3 Å². The Morgan fingerprint density at radius 1 is 1.35 bits per heavy atom. The van der Waals surface area contributed by atoms with E-state index >= 15 is 0 Å². The molecule has 20 heavy (non-hydrogen) atoms. The van der Waals surface area contributed by atoms with Crippen molar-refractivity contribution in [2.24, 2.45) is 0 Å². The fourth-order valence-corrected chi connectivity index (χ4v) is 2.80. The lowest BCUT2D eigenvalue weighted by Crippen LogP contribution is -2.36. The maximum Gasteiger partial charge on any atom is 0.271 e. The van der Waals surface area contributed by atoms with E-state index in [2.05, 4.69) is 10.1 Å². The molecule has 0 aliphatic rings. The van der Waals surface area contributed by atoms with E-state index in [1.807, 2.05) is 6.92 Å². The Hall–Kier alpha value is -1.71. The summed E-state index contributed by atoms with van der Waals surface area (Å²) in [6.45, 7) is 2.43. The minimum atomic E-state index is -3.77. The summed E-state index contributed by atoms with van der Waals surface area (Å²) in [5, 5.41) is 15.0. The molecule has 2 N–H and O–H groups in total. The normalized spacial score (nSPS) is 11.6. The molecule has 0 aromatic heterocycles. The molecule has 9 heteroatoms. The van der Waals surface area contributed by atoms with E-state index in [1.165, 1.54) is 23.2 Å². The summed E-state index contributed by atoms with van der Waals surface area (Å²) < 4.78 is 24.3. The van der Waals surface area contributed by atoms with E-state index in [9.17, 15) is 18.5 Å². The van der Waals surface area contributed by atoms with Gasteiger partial charge in [0.2, 0.25) is 0 Å². The van der Waals surface area contributed by atoms with Gasteiger partial charge in [0, 0.05) is 32.8 Å². The zero-order valence-corrected chi connectivity index (χ0v) is 12.4. The zero-order chi connectivity index (χ0) is 15.3. The molecular formula is C11H18N4O4S.